The molecule has 0 bridgehead atoms. The van der Waals surface area contributed by atoms with Crippen LogP contribution >= 0.6 is 11.8 Å². The zero-order valence-electron chi connectivity index (χ0n) is 12.4. The van der Waals surface area contributed by atoms with Crippen LogP contribution in [0.25, 0.3) is 0 Å². The number of rotatable bonds is 3. The maximum Gasteiger partial charge on any atom is 0.234 e. The van der Waals surface area contributed by atoms with Gasteiger partial charge in [0.1, 0.15) is 0 Å². The monoisotopic (exact) mass is 283 g/mol. The summed E-state index contributed by atoms with van der Waals surface area (Å²) in [5.41, 5.74) is 6.12. The van der Waals surface area contributed by atoms with Gasteiger partial charge >= 0.3 is 0 Å². The lowest BCUT2D eigenvalue weighted by Gasteiger charge is -2.35. The summed E-state index contributed by atoms with van der Waals surface area (Å²) in [5, 5.41) is 4.11. The zero-order valence-corrected chi connectivity index (χ0v) is 13.2. The SMILES string of the molecule is CC(C)(C)SCc1noc(C2(C)CCCCC2N)n1. The molecule has 1 saturated carbocycles. The van der Waals surface area contributed by atoms with Crippen molar-refractivity contribution in [3.05, 3.63) is 11.7 Å². The predicted octanol–water partition coefficient (Wildman–Crippen LogP) is 3.26. The first-order valence-electron chi connectivity index (χ1n) is 7.04. The molecule has 1 aliphatic rings. The molecule has 1 aromatic rings. The second kappa shape index (κ2) is 5.44. The third kappa shape index (κ3) is 3.51. The Balaban J connectivity index is 2.07. The van der Waals surface area contributed by atoms with Gasteiger partial charge in [-0.2, -0.15) is 4.98 Å². The Kier molecular flexibility index (Phi) is 4.26. The van der Waals surface area contributed by atoms with Crippen molar-refractivity contribution in [2.45, 2.75) is 75.3 Å². The van der Waals surface area contributed by atoms with E-state index in [-0.39, 0.29) is 16.2 Å². The summed E-state index contributed by atoms with van der Waals surface area (Å²) in [4.78, 5) is 4.58. The fourth-order valence-electron chi connectivity index (χ4n) is 2.45. The first kappa shape index (κ1) is 14.9. The molecular weight excluding hydrogens is 258 g/mol. The minimum Gasteiger partial charge on any atom is -0.339 e. The van der Waals surface area contributed by atoms with Gasteiger partial charge in [-0.05, 0) is 19.8 Å². The number of thioether (sulfide) groups is 1. The molecule has 0 aliphatic heterocycles. The van der Waals surface area contributed by atoms with Crippen molar-refractivity contribution in [2.75, 3.05) is 0 Å². The van der Waals surface area contributed by atoms with Crippen molar-refractivity contribution in [2.24, 2.45) is 5.73 Å². The summed E-state index contributed by atoms with van der Waals surface area (Å²) in [7, 11) is 0. The van der Waals surface area contributed by atoms with Crippen LogP contribution in [0.2, 0.25) is 0 Å². The normalized spacial score (nSPS) is 28.6. The molecule has 2 unspecified atom stereocenters. The van der Waals surface area contributed by atoms with Crippen molar-refractivity contribution in [3.8, 4) is 0 Å². The van der Waals surface area contributed by atoms with Crippen molar-refractivity contribution < 1.29 is 4.52 Å². The van der Waals surface area contributed by atoms with Crippen LogP contribution in [0.15, 0.2) is 4.52 Å². The van der Waals surface area contributed by atoms with Gasteiger partial charge in [-0.15, -0.1) is 11.8 Å². The van der Waals surface area contributed by atoms with Crippen LogP contribution in [0.5, 0.6) is 0 Å². The highest BCUT2D eigenvalue weighted by Gasteiger charge is 2.40. The number of hydrogen-bond acceptors (Lipinski definition) is 5. The van der Waals surface area contributed by atoms with E-state index in [2.05, 4.69) is 37.8 Å². The largest absolute Gasteiger partial charge is 0.339 e. The lowest BCUT2D eigenvalue weighted by atomic mass is 9.72. The van der Waals surface area contributed by atoms with E-state index in [9.17, 15) is 0 Å². The van der Waals surface area contributed by atoms with Gasteiger partial charge in [0, 0.05) is 10.8 Å². The number of nitrogens with two attached hydrogens (primary N) is 1. The molecule has 2 rings (SSSR count). The van der Waals surface area contributed by atoms with Crippen LogP contribution in [0.4, 0.5) is 0 Å². The standard InChI is InChI=1S/C14H25N3OS/c1-13(2,3)19-9-11-16-12(18-17-11)14(4)8-6-5-7-10(14)15/h10H,5-9,15H2,1-4H3. The Hall–Kier alpha value is -0.550. The third-order valence-corrected chi connectivity index (χ3v) is 5.14. The number of nitrogens with zero attached hydrogens (tertiary/aromatic N) is 2. The average Bonchev–Trinajstić information content (AvgIpc) is 2.79. The highest BCUT2D eigenvalue weighted by Crippen LogP contribution is 2.37. The summed E-state index contributed by atoms with van der Waals surface area (Å²) in [6.07, 6.45) is 4.49. The van der Waals surface area contributed by atoms with Gasteiger partial charge in [-0.25, -0.2) is 0 Å². The summed E-state index contributed by atoms with van der Waals surface area (Å²) in [6, 6.07) is 0.129. The van der Waals surface area contributed by atoms with Gasteiger partial charge in [-0.1, -0.05) is 38.8 Å². The Labute approximate surface area is 119 Å². The molecule has 19 heavy (non-hydrogen) atoms. The zero-order chi connectivity index (χ0) is 14.1. The van der Waals surface area contributed by atoms with Gasteiger partial charge in [0.05, 0.1) is 11.2 Å². The minimum atomic E-state index is -0.143. The van der Waals surface area contributed by atoms with Crippen LogP contribution in [0.3, 0.4) is 0 Å². The molecule has 0 radical (unpaired) electrons. The van der Waals surface area contributed by atoms with E-state index in [4.69, 9.17) is 10.3 Å². The second-order valence-electron chi connectivity index (χ2n) is 6.69. The van der Waals surface area contributed by atoms with E-state index < -0.39 is 0 Å². The van der Waals surface area contributed by atoms with Gasteiger partial charge in [0.15, 0.2) is 5.82 Å². The molecule has 1 heterocycles. The highest BCUT2D eigenvalue weighted by atomic mass is 32.2. The molecule has 0 saturated heterocycles. The van der Waals surface area contributed by atoms with Crippen molar-refractivity contribution in [1.29, 1.82) is 0 Å². The van der Waals surface area contributed by atoms with Crippen LogP contribution in [-0.4, -0.2) is 20.9 Å². The fourth-order valence-corrected chi connectivity index (χ4v) is 3.13. The number of aromatic nitrogens is 2. The third-order valence-electron chi connectivity index (χ3n) is 3.87. The average molecular weight is 283 g/mol. The maximum atomic E-state index is 6.26. The first-order valence-corrected chi connectivity index (χ1v) is 8.02. The molecule has 4 nitrogen and oxygen atoms in total. The smallest absolute Gasteiger partial charge is 0.234 e. The lowest BCUT2D eigenvalue weighted by molar-refractivity contribution is 0.203. The van der Waals surface area contributed by atoms with E-state index in [1.165, 1.54) is 12.8 Å². The lowest BCUT2D eigenvalue weighted by Crippen LogP contribution is -2.45. The van der Waals surface area contributed by atoms with E-state index in [1.54, 1.807) is 0 Å². The van der Waals surface area contributed by atoms with Crippen molar-refractivity contribution >= 4 is 11.8 Å². The highest BCUT2D eigenvalue weighted by molar-refractivity contribution is 7.99. The second-order valence-corrected chi connectivity index (χ2v) is 8.49. The number of hydrogen-bond donors (Lipinski definition) is 1. The van der Waals surface area contributed by atoms with Crippen LogP contribution in [0, 0.1) is 0 Å². The molecule has 1 aromatic heterocycles. The molecule has 5 heteroatoms. The van der Waals surface area contributed by atoms with Crippen molar-refractivity contribution in [3.63, 3.8) is 0 Å². The van der Waals surface area contributed by atoms with Crippen LogP contribution in [-0.2, 0) is 11.2 Å². The van der Waals surface area contributed by atoms with Crippen molar-refractivity contribution in [1.82, 2.24) is 10.1 Å². The molecule has 1 fully saturated rings. The molecular formula is C14H25N3OS. The summed E-state index contributed by atoms with van der Waals surface area (Å²) in [6.45, 7) is 8.73. The molecule has 0 spiro atoms. The van der Waals surface area contributed by atoms with Crippen LogP contribution < -0.4 is 5.73 Å². The quantitative estimate of drug-likeness (QED) is 0.922. The topological polar surface area (TPSA) is 64.9 Å². The van der Waals surface area contributed by atoms with Crippen LogP contribution in [0.1, 0.15) is 65.1 Å². The Morgan fingerprint density at radius 2 is 2.16 bits per heavy atom. The Bertz CT molecular complexity index is 427. The summed E-state index contributed by atoms with van der Waals surface area (Å²) >= 11 is 1.83. The van der Waals surface area contributed by atoms with E-state index in [1.807, 2.05) is 11.8 Å². The van der Waals surface area contributed by atoms with E-state index in [0.29, 0.717) is 0 Å². The minimum absolute atomic E-state index is 0.129. The van der Waals surface area contributed by atoms with Gasteiger partial charge < -0.3 is 10.3 Å². The molecule has 1 aliphatic carbocycles. The Morgan fingerprint density at radius 3 is 2.79 bits per heavy atom. The molecule has 2 N–H and O–H groups in total. The van der Waals surface area contributed by atoms with Gasteiger partial charge in [0.25, 0.3) is 0 Å². The van der Waals surface area contributed by atoms with Gasteiger partial charge in [-0.3, -0.25) is 0 Å². The van der Waals surface area contributed by atoms with E-state index in [0.717, 1.165) is 30.3 Å². The van der Waals surface area contributed by atoms with Gasteiger partial charge in [0.2, 0.25) is 5.89 Å². The fraction of sp³-hybridized carbons (Fsp3) is 0.857. The molecule has 108 valence electrons. The summed E-state index contributed by atoms with van der Waals surface area (Å²) < 4.78 is 5.70. The first-order chi connectivity index (χ1) is 8.81. The van der Waals surface area contributed by atoms with E-state index >= 15 is 0 Å². The maximum absolute atomic E-state index is 6.26. The predicted molar refractivity (Wildman–Crippen MR) is 79.1 cm³/mol. The Morgan fingerprint density at radius 1 is 1.42 bits per heavy atom. The molecule has 0 amide bonds. The summed E-state index contributed by atoms with van der Waals surface area (Å²) in [5.74, 6) is 2.30. The molecule has 2 atom stereocenters. The molecule has 0 aromatic carbocycles.